The number of carbonyl (C=O) groups is 1. The van der Waals surface area contributed by atoms with Gasteiger partial charge in [-0.15, -0.1) is 0 Å². The van der Waals surface area contributed by atoms with Crippen LogP contribution in [0, 0.1) is 0 Å². The molecule has 4 heteroatoms. The number of ether oxygens (including phenoxy) is 1. The second-order valence-corrected chi connectivity index (χ2v) is 4.29. The number of hydrogen-bond donors (Lipinski definition) is 1. The molecule has 1 N–H and O–H groups in total. The normalized spacial score (nSPS) is 18.7. The Kier molecular flexibility index (Phi) is 3.99. The summed E-state index contributed by atoms with van der Waals surface area (Å²) in [6.45, 7) is 4.94. The third-order valence-corrected chi connectivity index (χ3v) is 2.92. The molecule has 1 unspecified atom stereocenters. The molecule has 1 aromatic rings. The summed E-state index contributed by atoms with van der Waals surface area (Å²) in [6.07, 6.45) is 1.87. The van der Waals surface area contributed by atoms with Crippen molar-refractivity contribution in [1.82, 2.24) is 4.90 Å². The summed E-state index contributed by atoms with van der Waals surface area (Å²) in [5, 5.41) is 9.47. The zero-order valence-electron chi connectivity index (χ0n) is 10.2. The largest absolute Gasteiger partial charge is 0.489 e. The van der Waals surface area contributed by atoms with Crippen molar-refractivity contribution in [2.75, 3.05) is 19.7 Å². The molecule has 1 atom stereocenters. The average molecular weight is 247 g/mol. The van der Waals surface area contributed by atoms with Gasteiger partial charge in [-0.25, -0.2) is 0 Å². The highest BCUT2D eigenvalue weighted by atomic mass is 16.5. The van der Waals surface area contributed by atoms with Crippen molar-refractivity contribution in [3.05, 3.63) is 42.5 Å². The lowest BCUT2D eigenvalue weighted by Gasteiger charge is -2.17. The van der Waals surface area contributed by atoms with Crippen LogP contribution < -0.4 is 4.74 Å². The molecule has 1 saturated heterocycles. The van der Waals surface area contributed by atoms with E-state index in [2.05, 4.69) is 6.58 Å². The lowest BCUT2D eigenvalue weighted by atomic mass is 10.2. The van der Waals surface area contributed by atoms with E-state index in [0.717, 1.165) is 0 Å². The molecule has 0 aromatic heterocycles. The summed E-state index contributed by atoms with van der Waals surface area (Å²) >= 11 is 0. The minimum atomic E-state index is -0.407. The van der Waals surface area contributed by atoms with Gasteiger partial charge in [-0.2, -0.15) is 0 Å². The van der Waals surface area contributed by atoms with Gasteiger partial charge < -0.3 is 14.7 Å². The fraction of sp³-hybridized carbons (Fsp3) is 0.357. The molecule has 4 nitrogen and oxygen atoms in total. The molecule has 0 spiro atoms. The number of carbonyl (C=O) groups excluding carboxylic acids is 1. The van der Waals surface area contributed by atoms with Crippen LogP contribution in [-0.2, 0) is 0 Å². The van der Waals surface area contributed by atoms with E-state index in [0.29, 0.717) is 37.4 Å². The summed E-state index contributed by atoms with van der Waals surface area (Å²) in [5.41, 5.74) is 0.536. The minimum absolute atomic E-state index is 0.0915. The number of benzene rings is 1. The zero-order chi connectivity index (χ0) is 13.0. The molecule has 96 valence electrons. The second kappa shape index (κ2) is 5.69. The third kappa shape index (κ3) is 2.71. The lowest BCUT2D eigenvalue weighted by Crippen LogP contribution is -2.29. The zero-order valence-corrected chi connectivity index (χ0v) is 10.2. The SMILES string of the molecule is C=CCOc1ccccc1C(=O)N1CCC(O)C1. The van der Waals surface area contributed by atoms with Crippen LogP contribution in [0.15, 0.2) is 36.9 Å². The molecule has 1 aliphatic heterocycles. The van der Waals surface area contributed by atoms with Crippen LogP contribution in [0.1, 0.15) is 16.8 Å². The summed E-state index contributed by atoms with van der Waals surface area (Å²) < 4.78 is 5.47. The van der Waals surface area contributed by atoms with E-state index in [1.54, 1.807) is 29.2 Å². The number of para-hydroxylation sites is 1. The third-order valence-electron chi connectivity index (χ3n) is 2.92. The smallest absolute Gasteiger partial charge is 0.257 e. The van der Waals surface area contributed by atoms with Gasteiger partial charge in [0.2, 0.25) is 0 Å². The van der Waals surface area contributed by atoms with E-state index < -0.39 is 6.10 Å². The first-order valence-electron chi connectivity index (χ1n) is 6.02. The van der Waals surface area contributed by atoms with E-state index in [4.69, 9.17) is 4.74 Å². The average Bonchev–Trinajstić information content (AvgIpc) is 2.82. The van der Waals surface area contributed by atoms with Gasteiger partial charge in [-0.05, 0) is 18.6 Å². The van der Waals surface area contributed by atoms with Crippen LogP contribution in [0.5, 0.6) is 5.75 Å². The topological polar surface area (TPSA) is 49.8 Å². The number of aliphatic hydroxyl groups excluding tert-OH is 1. The van der Waals surface area contributed by atoms with Crippen LogP contribution >= 0.6 is 0 Å². The second-order valence-electron chi connectivity index (χ2n) is 4.29. The van der Waals surface area contributed by atoms with Gasteiger partial charge in [0.15, 0.2) is 0 Å². The molecule has 1 fully saturated rings. The Labute approximate surface area is 106 Å². The van der Waals surface area contributed by atoms with Crippen LogP contribution in [0.3, 0.4) is 0 Å². The maximum absolute atomic E-state index is 12.3. The van der Waals surface area contributed by atoms with Crippen molar-refractivity contribution in [3.8, 4) is 5.75 Å². The van der Waals surface area contributed by atoms with Gasteiger partial charge in [-0.1, -0.05) is 24.8 Å². The number of nitrogens with zero attached hydrogens (tertiary/aromatic N) is 1. The number of rotatable bonds is 4. The molecular formula is C14H17NO3. The molecule has 1 aromatic carbocycles. The Morgan fingerprint density at radius 1 is 1.56 bits per heavy atom. The van der Waals surface area contributed by atoms with E-state index in [1.807, 2.05) is 6.07 Å². The Bertz CT molecular complexity index is 444. The maximum Gasteiger partial charge on any atom is 0.257 e. The van der Waals surface area contributed by atoms with Crippen LogP contribution in [-0.4, -0.2) is 41.7 Å². The molecule has 1 aliphatic rings. The Morgan fingerprint density at radius 2 is 2.33 bits per heavy atom. The first-order valence-corrected chi connectivity index (χ1v) is 6.02. The number of hydrogen-bond acceptors (Lipinski definition) is 3. The number of β-amino-alcohol motifs (C(OH)–C–C–N with tert-alkyl or cyclic N) is 1. The van der Waals surface area contributed by atoms with Crippen LogP contribution in [0.4, 0.5) is 0 Å². The van der Waals surface area contributed by atoms with Gasteiger partial charge >= 0.3 is 0 Å². The summed E-state index contributed by atoms with van der Waals surface area (Å²) in [6, 6.07) is 7.14. The molecule has 0 saturated carbocycles. The van der Waals surface area contributed by atoms with Gasteiger partial charge in [0, 0.05) is 13.1 Å². The van der Waals surface area contributed by atoms with Crippen molar-refractivity contribution >= 4 is 5.91 Å². The first kappa shape index (κ1) is 12.6. The maximum atomic E-state index is 12.3. The Morgan fingerprint density at radius 3 is 3.00 bits per heavy atom. The summed E-state index contributed by atoms with van der Waals surface area (Å²) in [4.78, 5) is 13.9. The highest BCUT2D eigenvalue weighted by molar-refractivity contribution is 5.97. The molecule has 0 bridgehead atoms. The molecule has 18 heavy (non-hydrogen) atoms. The number of aliphatic hydroxyl groups is 1. The first-order chi connectivity index (χ1) is 8.72. The predicted octanol–water partition coefficient (Wildman–Crippen LogP) is 1.46. The number of amides is 1. The van der Waals surface area contributed by atoms with Gasteiger partial charge in [0.05, 0.1) is 11.7 Å². The quantitative estimate of drug-likeness (QED) is 0.819. The van der Waals surface area contributed by atoms with E-state index in [9.17, 15) is 9.90 Å². The summed E-state index contributed by atoms with van der Waals surface area (Å²) in [5.74, 6) is 0.468. The van der Waals surface area contributed by atoms with Crippen molar-refractivity contribution in [2.45, 2.75) is 12.5 Å². The molecular weight excluding hydrogens is 230 g/mol. The van der Waals surface area contributed by atoms with Crippen molar-refractivity contribution in [1.29, 1.82) is 0 Å². The van der Waals surface area contributed by atoms with Gasteiger partial charge in [0.1, 0.15) is 12.4 Å². The van der Waals surface area contributed by atoms with Crippen molar-refractivity contribution < 1.29 is 14.6 Å². The van der Waals surface area contributed by atoms with Crippen molar-refractivity contribution in [3.63, 3.8) is 0 Å². The lowest BCUT2D eigenvalue weighted by molar-refractivity contribution is 0.0761. The van der Waals surface area contributed by atoms with Gasteiger partial charge in [-0.3, -0.25) is 4.79 Å². The number of likely N-dealkylation sites (tertiary alicyclic amines) is 1. The fourth-order valence-corrected chi connectivity index (χ4v) is 2.01. The summed E-state index contributed by atoms with van der Waals surface area (Å²) in [7, 11) is 0. The van der Waals surface area contributed by atoms with Crippen LogP contribution in [0.25, 0.3) is 0 Å². The van der Waals surface area contributed by atoms with Crippen LogP contribution in [0.2, 0.25) is 0 Å². The molecule has 1 heterocycles. The fourth-order valence-electron chi connectivity index (χ4n) is 2.01. The minimum Gasteiger partial charge on any atom is -0.489 e. The molecule has 2 rings (SSSR count). The molecule has 1 amide bonds. The predicted molar refractivity (Wildman–Crippen MR) is 68.7 cm³/mol. The Hall–Kier alpha value is -1.81. The Balaban J connectivity index is 2.16. The molecule has 0 aliphatic carbocycles. The van der Waals surface area contributed by atoms with Crippen molar-refractivity contribution in [2.24, 2.45) is 0 Å². The van der Waals surface area contributed by atoms with Gasteiger partial charge in [0.25, 0.3) is 5.91 Å². The highest BCUT2D eigenvalue weighted by Crippen LogP contribution is 2.22. The monoisotopic (exact) mass is 247 g/mol. The van der Waals surface area contributed by atoms with E-state index in [1.165, 1.54) is 0 Å². The van der Waals surface area contributed by atoms with E-state index >= 15 is 0 Å². The highest BCUT2D eigenvalue weighted by Gasteiger charge is 2.26. The van der Waals surface area contributed by atoms with E-state index in [-0.39, 0.29) is 5.91 Å². The standard InChI is InChI=1S/C14H17NO3/c1-2-9-18-13-6-4-3-5-12(13)14(17)15-8-7-11(16)10-15/h2-6,11,16H,1,7-10H2. The molecule has 0 radical (unpaired) electrons.